The number of ether oxygens (including phenoxy) is 3. The summed E-state index contributed by atoms with van der Waals surface area (Å²) < 4.78 is 18.0. The molecule has 0 radical (unpaired) electrons. The maximum atomic E-state index is 6.18. The second kappa shape index (κ2) is 8.30. The number of rotatable bonds is 4. The minimum Gasteiger partial charge on any atom is -0.488 e. The topological polar surface area (TPSA) is 39.7 Å². The highest BCUT2D eigenvalue weighted by Crippen LogP contribution is 2.38. The van der Waals surface area contributed by atoms with Crippen LogP contribution in [0.5, 0.6) is 11.5 Å². The zero-order valence-corrected chi connectivity index (χ0v) is 15.6. The molecule has 0 bridgehead atoms. The van der Waals surface area contributed by atoms with Crippen LogP contribution < -0.4 is 14.8 Å². The van der Waals surface area contributed by atoms with Crippen LogP contribution in [-0.4, -0.2) is 32.5 Å². The Morgan fingerprint density at radius 3 is 2.92 bits per heavy atom. The molecule has 4 rings (SSSR count). The van der Waals surface area contributed by atoms with E-state index in [-0.39, 0.29) is 6.10 Å². The van der Waals surface area contributed by atoms with Gasteiger partial charge in [-0.25, -0.2) is 0 Å². The number of fused-ring (bicyclic) bond motifs is 1. The minimum atomic E-state index is 0.165. The predicted molar refractivity (Wildman–Crippen MR) is 103 cm³/mol. The molecular formula is C21H24ClNO3. The number of nitrogens with one attached hydrogen (secondary N) is 1. The highest BCUT2D eigenvalue weighted by atomic mass is 35.5. The summed E-state index contributed by atoms with van der Waals surface area (Å²) in [5, 5.41) is 4.12. The van der Waals surface area contributed by atoms with E-state index < -0.39 is 0 Å². The average molecular weight is 374 g/mol. The Bertz CT molecular complexity index is 759. The second-order valence-electron chi connectivity index (χ2n) is 6.80. The summed E-state index contributed by atoms with van der Waals surface area (Å²) in [6, 6.07) is 12.1. The van der Waals surface area contributed by atoms with Gasteiger partial charge in [-0.1, -0.05) is 23.7 Å². The fraction of sp³-hybridized carbons (Fsp3) is 0.429. The van der Waals surface area contributed by atoms with Gasteiger partial charge in [0.15, 0.2) is 11.5 Å². The first-order valence-electron chi connectivity index (χ1n) is 9.30. The average Bonchev–Trinajstić information content (AvgIpc) is 2.92. The van der Waals surface area contributed by atoms with E-state index in [2.05, 4.69) is 23.5 Å². The van der Waals surface area contributed by atoms with E-state index in [0.717, 1.165) is 65.8 Å². The monoisotopic (exact) mass is 373 g/mol. The lowest BCUT2D eigenvalue weighted by Crippen LogP contribution is -2.26. The summed E-state index contributed by atoms with van der Waals surface area (Å²) in [6.45, 7) is 3.61. The molecule has 1 saturated heterocycles. The lowest BCUT2D eigenvalue weighted by atomic mass is 10.0. The standard InChI is InChI=1S/C21H24ClNO3/c22-18-5-3-4-15(11-18)16-10-17-13-23-7-9-25-21(17)20(12-16)26-14-19-6-1-2-8-24-19/h3-5,10-12,19,23H,1-2,6-9,13-14H2. The second-order valence-corrected chi connectivity index (χ2v) is 7.23. The van der Waals surface area contributed by atoms with Crippen molar-refractivity contribution in [1.29, 1.82) is 0 Å². The van der Waals surface area contributed by atoms with Crippen molar-refractivity contribution in [2.75, 3.05) is 26.4 Å². The van der Waals surface area contributed by atoms with E-state index in [9.17, 15) is 0 Å². The Labute approximate surface area is 159 Å². The van der Waals surface area contributed by atoms with E-state index in [1.165, 1.54) is 6.42 Å². The fourth-order valence-corrected chi connectivity index (χ4v) is 3.66. The number of benzene rings is 2. The molecule has 5 heteroatoms. The van der Waals surface area contributed by atoms with Crippen molar-refractivity contribution in [1.82, 2.24) is 5.32 Å². The molecule has 2 aliphatic heterocycles. The molecule has 138 valence electrons. The molecule has 2 aromatic carbocycles. The first-order valence-corrected chi connectivity index (χ1v) is 9.68. The maximum absolute atomic E-state index is 6.18. The quantitative estimate of drug-likeness (QED) is 0.860. The van der Waals surface area contributed by atoms with Gasteiger partial charge < -0.3 is 19.5 Å². The summed E-state index contributed by atoms with van der Waals surface area (Å²) in [6.07, 6.45) is 3.57. The summed E-state index contributed by atoms with van der Waals surface area (Å²) in [5.74, 6) is 1.63. The summed E-state index contributed by atoms with van der Waals surface area (Å²) in [4.78, 5) is 0. The maximum Gasteiger partial charge on any atom is 0.165 e. The van der Waals surface area contributed by atoms with E-state index in [4.69, 9.17) is 25.8 Å². The van der Waals surface area contributed by atoms with Crippen LogP contribution in [0.25, 0.3) is 11.1 Å². The first-order chi connectivity index (χ1) is 12.8. The molecule has 26 heavy (non-hydrogen) atoms. The number of hydrogen-bond acceptors (Lipinski definition) is 4. The van der Waals surface area contributed by atoms with Gasteiger partial charge in [0.2, 0.25) is 0 Å². The molecule has 1 unspecified atom stereocenters. The molecule has 1 fully saturated rings. The van der Waals surface area contributed by atoms with Crippen LogP contribution in [0.4, 0.5) is 0 Å². The van der Waals surface area contributed by atoms with Crippen molar-refractivity contribution in [2.45, 2.75) is 31.9 Å². The highest BCUT2D eigenvalue weighted by Gasteiger charge is 2.20. The molecule has 0 aromatic heterocycles. The molecule has 0 aliphatic carbocycles. The third-order valence-electron chi connectivity index (χ3n) is 4.83. The van der Waals surface area contributed by atoms with Gasteiger partial charge in [-0.2, -0.15) is 0 Å². The molecule has 1 N–H and O–H groups in total. The largest absolute Gasteiger partial charge is 0.488 e. The van der Waals surface area contributed by atoms with Gasteiger partial charge in [-0.15, -0.1) is 0 Å². The highest BCUT2D eigenvalue weighted by molar-refractivity contribution is 6.30. The van der Waals surface area contributed by atoms with Gasteiger partial charge in [0.05, 0.1) is 6.10 Å². The molecule has 0 amide bonds. The molecule has 2 aromatic rings. The third kappa shape index (κ3) is 4.14. The third-order valence-corrected chi connectivity index (χ3v) is 5.06. The Hall–Kier alpha value is -1.75. The van der Waals surface area contributed by atoms with Crippen LogP contribution in [0.2, 0.25) is 5.02 Å². The van der Waals surface area contributed by atoms with Crippen LogP contribution in [0, 0.1) is 0 Å². The Morgan fingerprint density at radius 1 is 1.12 bits per heavy atom. The van der Waals surface area contributed by atoms with Crippen molar-refractivity contribution in [3.8, 4) is 22.6 Å². The Balaban J connectivity index is 1.64. The normalized spacial score (nSPS) is 20.0. The number of hydrogen-bond donors (Lipinski definition) is 1. The van der Waals surface area contributed by atoms with Crippen molar-refractivity contribution in [2.24, 2.45) is 0 Å². The van der Waals surface area contributed by atoms with Gasteiger partial charge in [-0.3, -0.25) is 0 Å². The number of halogens is 1. The summed E-state index contributed by atoms with van der Waals surface area (Å²) in [5.41, 5.74) is 3.26. The molecular weight excluding hydrogens is 350 g/mol. The lowest BCUT2D eigenvalue weighted by molar-refractivity contribution is -0.0115. The smallest absolute Gasteiger partial charge is 0.165 e. The Morgan fingerprint density at radius 2 is 2.08 bits per heavy atom. The zero-order valence-electron chi connectivity index (χ0n) is 14.8. The molecule has 0 spiro atoms. The van der Waals surface area contributed by atoms with Crippen molar-refractivity contribution in [3.05, 3.63) is 47.0 Å². The minimum absolute atomic E-state index is 0.165. The van der Waals surface area contributed by atoms with Crippen molar-refractivity contribution < 1.29 is 14.2 Å². The predicted octanol–water partition coefficient (Wildman–Crippen LogP) is 4.44. The van der Waals surface area contributed by atoms with Crippen molar-refractivity contribution in [3.63, 3.8) is 0 Å². The van der Waals surface area contributed by atoms with Crippen LogP contribution >= 0.6 is 11.6 Å². The molecule has 2 heterocycles. The fourth-order valence-electron chi connectivity index (χ4n) is 3.47. The van der Waals surface area contributed by atoms with E-state index >= 15 is 0 Å². The molecule has 2 aliphatic rings. The van der Waals surface area contributed by atoms with Crippen molar-refractivity contribution >= 4 is 11.6 Å². The van der Waals surface area contributed by atoms with Gasteiger partial charge in [0.1, 0.15) is 13.2 Å². The van der Waals surface area contributed by atoms with Crippen LogP contribution in [-0.2, 0) is 11.3 Å². The molecule has 1 atom stereocenters. The van der Waals surface area contributed by atoms with Gasteiger partial charge >= 0.3 is 0 Å². The van der Waals surface area contributed by atoms with E-state index in [1.807, 2.05) is 18.2 Å². The SMILES string of the molecule is Clc1cccc(-c2cc3c(c(OCC4CCCCO4)c2)OCCNC3)c1. The van der Waals surface area contributed by atoms with Crippen LogP contribution in [0.15, 0.2) is 36.4 Å². The zero-order chi connectivity index (χ0) is 17.8. The van der Waals surface area contributed by atoms with Crippen LogP contribution in [0.1, 0.15) is 24.8 Å². The first kappa shape index (κ1) is 17.7. The summed E-state index contributed by atoms with van der Waals surface area (Å²) >= 11 is 6.18. The van der Waals surface area contributed by atoms with Gasteiger partial charge in [-0.05, 0) is 54.7 Å². The van der Waals surface area contributed by atoms with Gasteiger partial charge in [0, 0.05) is 30.3 Å². The molecule has 0 saturated carbocycles. The van der Waals surface area contributed by atoms with Gasteiger partial charge in [0.25, 0.3) is 0 Å². The molecule has 4 nitrogen and oxygen atoms in total. The van der Waals surface area contributed by atoms with E-state index in [1.54, 1.807) is 0 Å². The van der Waals surface area contributed by atoms with E-state index in [0.29, 0.717) is 13.2 Å². The Kier molecular flexibility index (Phi) is 5.63. The summed E-state index contributed by atoms with van der Waals surface area (Å²) in [7, 11) is 0. The van der Waals surface area contributed by atoms with Crippen LogP contribution in [0.3, 0.4) is 0 Å². The lowest BCUT2D eigenvalue weighted by Gasteiger charge is -2.24.